The maximum absolute atomic E-state index is 13.4. The van der Waals surface area contributed by atoms with Gasteiger partial charge in [-0.25, -0.2) is 4.39 Å². The average Bonchev–Trinajstić information content (AvgIpc) is 2.42. The number of rotatable bonds is 4. The predicted molar refractivity (Wildman–Crippen MR) is 77.7 cm³/mol. The molecule has 19 heavy (non-hydrogen) atoms. The van der Waals surface area contributed by atoms with E-state index in [9.17, 15) is 4.39 Å². The number of hydrogen-bond acceptors (Lipinski definition) is 2. The van der Waals surface area contributed by atoms with Crippen molar-refractivity contribution in [3.63, 3.8) is 0 Å². The minimum absolute atomic E-state index is 0.129. The van der Waals surface area contributed by atoms with Crippen molar-refractivity contribution in [1.29, 1.82) is 0 Å². The van der Waals surface area contributed by atoms with Crippen LogP contribution in [0.5, 0.6) is 0 Å². The van der Waals surface area contributed by atoms with Gasteiger partial charge in [-0.2, -0.15) is 0 Å². The van der Waals surface area contributed by atoms with Gasteiger partial charge in [0.15, 0.2) is 0 Å². The van der Waals surface area contributed by atoms with E-state index in [-0.39, 0.29) is 5.82 Å². The van der Waals surface area contributed by atoms with E-state index in [1.807, 2.05) is 13.1 Å². The number of nitrogens with zero attached hydrogens (tertiary/aromatic N) is 1. The summed E-state index contributed by atoms with van der Waals surface area (Å²) >= 11 is 0. The van der Waals surface area contributed by atoms with Gasteiger partial charge in [0.1, 0.15) is 5.82 Å². The molecule has 0 spiro atoms. The fraction of sp³-hybridized carbons (Fsp3) is 0.625. The third-order valence-corrected chi connectivity index (χ3v) is 4.38. The fourth-order valence-corrected chi connectivity index (χ4v) is 3.00. The molecule has 2 unspecified atom stereocenters. The fourth-order valence-electron chi connectivity index (χ4n) is 3.00. The smallest absolute Gasteiger partial charge is 0.123 e. The van der Waals surface area contributed by atoms with E-state index in [1.54, 1.807) is 12.1 Å². The summed E-state index contributed by atoms with van der Waals surface area (Å²) < 4.78 is 13.4. The van der Waals surface area contributed by atoms with Crippen molar-refractivity contribution in [2.24, 2.45) is 0 Å². The van der Waals surface area contributed by atoms with Crippen LogP contribution in [0.4, 0.5) is 4.39 Å². The molecule has 0 radical (unpaired) electrons. The van der Waals surface area contributed by atoms with Crippen LogP contribution in [-0.4, -0.2) is 30.6 Å². The number of halogens is 1. The topological polar surface area (TPSA) is 15.3 Å². The first-order valence-electron chi connectivity index (χ1n) is 7.28. The molecule has 3 heteroatoms. The van der Waals surface area contributed by atoms with Gasteiger partial charge >= 0.3 is 0 Å². The Kier molecular flexibility index (Phi) is 4.94. The number of benzene rings is 1. The molecule has 0 bridgehead atoms. The lowest BCUT2D eigenvalue weighted by molar-refractivity contribution is 0.114. The van der Waals surface area contributed by atoms with E-state index in [4.69, 9.17) is 0 Å². The summed E-state index contributed by atoms with van der Waals surface area (Å²) in [5, 5.41) is 3.36. The molecular formula is C16H25FN2. The Morgan fingerprint density at radius 1 is 1.42 bits per heavy atom. The highest BCUT2D eigenvalue weighted by Crippen LogP contribution is 2.23. The highest BCUT2D eigenvalue weighted by atomic mass is 19.1. The molecule has 2 rings (SSSR count). The Bertz CT molecular complexity index is 419. The number of hydrogen-bond donors (Lipinski definition) is 1. The molecule has 1 aliphatic rings. The monoisotopic (exact) mass is 264 g/mol. The molecule has 1 aromatic rings. The van der Waals surface area contributed by atoms with Crippen molar-refractivity contribution in [1.82, 2.24) is 10.2 Å². The molecule has 0 amide bonds. The van der Waals surface area contributed by atoms with Crippen LogP contribution >= 0.6 is 0 Å². The van der Waals surface area contributed by atoms with Gasteiger partial charge in [0, 0.05) is 18.6 Å². The molecule has 2 atom stereocenters. The first kappa shape index (κ1) is 14.5. The zero-order chi connectivity index (χ0) is 13.8. The third-order valence-electron chi connectivity index (χ3n) is 4.38. The predicted octanol–water partition coefficient (Wildman–Crippen LogP) is 3.10. The van der Waals surface area contributed by atoms with Crippen LogP contribution in [0.25, 0.3) is 0 Å². The van der Waals surface area contributed by atoms with E-state index in [2.05, 4.69) is 24.1 Å². The summed E-state index contributed by atoms with van der Waals surface area (Å²) in [6, 6.07) is 6.15. The molecule has 2 nitrogen and oxygen atoms in total. The molecule has 1 N–H and O–H groups in total. The van der Waals surface area contributed by atoms with Crippen LogP contribution in [0.3, 0.4) is 0 Å². The maximum atomic E-state index is 13.4. The second-order valence-electron chi connectivity index (χ2n) is 5.68. The first-order valence-corrected chi connectivity index (χ1v) is 7.28. The summed E-state index contributed by atoms with van der Waals surface area (Å²) in [5.41, 5.74) is 2.30. The molecule has 1 aliphatic heterocycles. The number of likely N-dealkylation sites (tertiary alicyclic amines) is 1. The van der Waals surface area contributed by atoms with Crippen LogP contribution < -0.4 is 5.32 Å². The number of nitrogens with one attached hydrogen (secondary N) is 1. The molecule has 106 valence electrons. The maximum Gasteiger partial charge on any atom is 0.123 e. The summed E-state index contributed by atoms with van der Waals surface area (Å²) in [4.78, 5) is 2.51. The normalized spacial score (nSPS) is 22.4. The van der Waals surface area contributed by atoms with Crippen molar-refractivity contribution < 1.29 is 4.39 Å². The van der Waals surface area contributed by atoms with Crippen molar-refractivity contribution in [2.75, 3.05) is 13.6 Å². The van der Waals surface area contributed by atoms with E-state index < -0.39 is 0 Å². The van der Waals surface area contributed by atoms with Crippen molar-refractivity contribution in [3.8, 4) is 0 Å². The summed E-state index contributed by atoms with van der Waals surface area (Å²) in [5.74, 6) is -0.129. The SMILES string of the molecule is CNC(C)C1CCCCN1Cc1cc(F)ccc1C. The lowest BCUT2D eigenvalue weighted by Crippen LogP contribution is -2.49. The molecular weight excluding hydrogens is 239 g/mol. The van der Waals surface area contributed by atoms with Crippen LogP contribution in [0.2, 0.25) is 0 Å². The van der Waals surface area contributed by atoms with Crippen molar-refractivity contribution >= 4 is 0 Å². The van der Waals surface area contributed by atoms with E-state index in [0.717, 1.165) is 18.7 Å². The molecule has 0 saturated carbocycles. The number of aryl methyl sites for hydroxylation is 1. The molecule has 1 saturated heterocycles. The van der Waals surface area contributed by atoms with Crippen molar-refractivity contribution in [3.05, 3.63) is 35.1 Å². The third kappa shape index (κ3) is 3.54. The lowest BCUT2D eigenvalue weighted by Gasteiger charge is -2.39. The van der Waals surface area contributed by atoms with Crippen LogP contribution in [0.1, 0.15) is 37.3 Å². The van der Waals surface area contributed by atoms with Crippen LogP contribution in [0.15, 0.2) is 18.2 Å². The lowest BCUT2D eigenvalue weighted by atomic mass is 9.95. The van der Waals surface area contributed by atoms with Crippen molar-refractivity contribution in [2.45, 2.75) is 51.7 Å². The molecule has 1 fully saturated rings. The Balaban J connectivity index is 2.12. The van der Waals surface area contributed by atoms with E-state index >= 15 is 0 Å². The Labute approximate surface area is 116 Å². The van der Waals surface area contributed by atoms with Gasteiger partial charge in [-0.15, -0.1) is 0 Å². The number of piperidine rings is 1. The molecule has 1 heterocycles. The summed E-state index contributed by atoms with van der Waals surface area (Å²) in [7, 11) is 2.02. The standard InChI is InChI=1S/C16H25FN2/c1-12-7-8-15(17)10-14(12)11-19-9-5-4-6-16(19)13(2)18-3/h7-8,10,13,16,18H,4-6,9,11H2,1-3H3. The van der Waals surface area contributed by atoms with E-state index in [0.29, 0.717) is 12.1 Å². The molecule has 0 aromatic heterocycles. The Hall–Kier alpha value is -0.930. The second kappa shape index (κ2) is 6.49. The summed E-state index contributed by atoms with van der Waals surface area (Å²) in [6.07, 6.45) is 3.78. The van der Waals surface area contributed by atoms with Gasteiger partial charge in [0.25, 0.3) is 0 Å². The highest BCUT2D eigenvalue weighted by Gasteiger charge is 2.26. The molecule has 1 aromatic carbocycles. The first-order chi connectivity index (χ1) is 9.11. The average molecular weight is 264 g/mol. The minimum Gasteiger partial charge on any atom is -0.316 e. The van der Waals surface area contributed by atoms with Crippen LogP contribution in [-0.2, 0) is 6.54 Å². The van der Waals surface area contributed by atoms with Gasteiger partial charge in [0.2, 0.25) is 0 Å². The summed E-state index contributed by atoms with van der Waals surface area (Å²) in [6.45, 7) is 6.28. The largest absolute Gasteiger partial charge is 0.316 e. The van der Waals surface area contributed by atoms with Gasteiger partial charge in [-0.3, -0.25) is 4.90 Å². The van der Waals surface area contributed by atoms with E-state index in [1.165, 1.54) is 24.8 Å². The highest BCUT2D eigenvalue weighted by molar-refractivity contribution is 5.26. The zero-order valence-corrected chi connectivity index (χ0v) is 12.2. The van der Waals surface area contributed by atoms with Gasteiger partial charge < -0.3 is 5.32 Å². The zero-order valence-electron chi connectivity index (χ0n) is 12.2. The Morgan fingerprint density at radius 2 is 2.21 bits per heavy atom. The molecule has 0 aliphatic carbocycles. The van der Waals surface area contributed by atoms with Gasteiger partial charge in [-0.05, 0) is 63.5 Å². The minimum atomic E-state index is -0.129. The quantitative estimate of drug-likeness (QED) is 0.899. The Morgan fingerprint density at radius 3 is 2.95 bits per heavy atom. The van der Waals surface area contributed by atoms with Gasteiger partial charge in [-0.1, -0.05) is 12.5 Å². The second-order valence-corrected chi connectivity index (χ2v) is 5.68. The van der Waals surface area contributed by atoms with Gasteiger partial charge in [0.05, 0.1) is 0 Å². The van der Waals surface area contributed by atoms with Crippen LogP contribution in [0, 0.1) is 12.7 Å². The number of likely N-dealkylation sites (N-methyl/N-ethyl adjacent to an activating group) is 1.